The number of hydrazone groups is 1. The van der Waals surface area contributed by atoms with Crippen LogP contribution in [0.15, 0.2) is 71.8 Å². The molecule has 0 aromatic heterocycles. The first-order valence-corrected chi connectivity index (χ1v) is 10.1. The van der Waals surface area contributed by atoms with Crippen LogP contribution in [0.2, 0.25) is 10.0 Å². The van der Waals surface area contributed by atoms with Crippen LogP contribution in [0, 0.1) is 3.57 Å². The van der Waals surface area contributed by atoms with E-state index in [1.54, 1.807) is 6.21 Å². The summed E-state index contributed by atoms with van der Waals surface area (Å²) in [4.78, 5) is 0. The van der Waals surface area contributed by atoms with E-state index in [0.717, 1.165) is 22.4 Å². The monoisotopic (exact) mass is 510 g/mol. The highest BCUT2D eigenvalue weighted by Gasteiger charge is 2.03. The van der Waals surface area contributed by atoms with Crippen molar-refractivity contribution < 1.29 is 4.74 Å². The number of nitrogens with one attached hydrogen (secondary N) is 1. The van der Waals surface area contributed by atoms with E-state index in [1.165, 1.54) is 3.57 Å². The summed E-state index contributed by atoms with van der Waals surface area (Å²) in [6.07, 6.45) is 1.74. The van der Waals surface area contributed by atoms with Crippen LogP contribution in [0.4, 0.5) is 0 Å². The standard InChI is InChI=1S/C21H17Cl2IN2O/c22-20-5-2-6-21(23)19(20)13-26-25-12-16-3-1-4-18(11-16)27-14-15-7-9-17(24)10-8-15/h1-12,26H,13-14H2/b25-12-. The summed E-state index contributed by atoms with van der Waals surface area (Å²) in [5, 5.41) is 5.48. The van der Waals surface area contributed by atoms with Gasteiger partial charge in [0, 0.05) is 19.2 Å². The van der Waals surface area contributed by atoms with Gasteiger partial charge in [0.05, 0.1) is 12.8 Å². The molecular formula is C21H17Cl2IN2O. The second kappa shape index (κ2) is 9.97. The molecule has 0 radical (unpaired) electrons. The lowest BCUT2D eigenvalue weighted by Gasteiger charge is -2.07. The molecule has 0 aliphatic carbocycles. The Balaban J connectivity index is 1.55. The molecule has 3 nitrogen and oxygen atoms in total. The smallest absolute Gasteiger partial charge is 0.120 e. The van der Waals surface area contributed by atoms with Gasteiger partial charge in [-0.1, -0.05) is 53.5 Å². The maximum atomic E-state index is 6.15. The fourth-order valence-corrected chi connectivity index (χ4v) is 3.27. The average Bonchev–Trinajstić information content (AvgIpc) is 2.67. The average molecular weight is 511 g/mol. The molecule has 0 amide bonds. The van der Waals surface area contributed by atoms with Crippen LogP contribution in [0.5, 0.6) is 5.75 Å². The van der Waals surface area contributed by atoms with Gasteiger partial charge in [-0.25, -0.2) is 0 Å². The van der Waals surface area contributed by atoms with Crippen molar-refractivity contribution in [2.24, 2.45) is 5.10 Å². The molecule has 6 heteroatoms. The van der Waals surface area contributed by atoms with Crippen molar-refractivity contribution in [3.8, 4) is 5.75 Å². The van der Waals surface area contributed by atoms with Crippen LogP contribution in [-0.4, -0.2) is 6.21 Å². The van der Waals surface area contributed by atoms with Gasteiger partial charge in [0.25, 0.3) is 0 Å². The van der Waals surface area contributed by atoms with E-state index < -0.39 is 0 Å². The summed E-state index contributed by atoms with van der Waals surface area (Å²) in [5.74, 6) is 0.798. The van der Waals surface area contributed by atoms with Gasteiger partial charge in [-0.15, -0.1) is 0 Å². The second-order valence-electron chi connectivity index (χ2n) is 5.78. The Bertz CT molecular complexity index is 909. The van der Waals surface area contributed by atoms with Crippen LogP contribution in [0.1, 0.15) is 16.7 Å². The Labute approximate surface area is 182 Å². The van der Waals surface area contributed by atoms with Gasteiger partial charge in [-0.05, 0) is 70.1 Å². The van der Waals surface area contributed by atoms with E-state index >= 15 is 0 Å². The molecular weight excluding hydrogens is 494 g/mol. The number of halogens is 3. The fraction of sp³-hybridized carbons (Fsp3) is 0.0952. The highest BCUT2D eigenvalue weighted by molar-refractivity contribution is 14.1. The van der Waals surface area contributed by atoms with E-state index in [4.69, 9.17) is 27.9 Å². The zero-order valence-electron chi connectivity index (χ0n) is 14.3. The van der Waals surface area contributed by atoms with E-state index in [9.17, 15) is 0 Å². The molecule has 0 atom stereocenters. The number of rotatable bonds is 7. The summed E-state index contributed by atoms with van der Waals surface area (Å²) < 4.78 is 7.07. The van der Waals surface area contributed by atoms with Crippen molar-refractivity contribution >= 4 is 52.0 Å². The van der Waals surface area contributed by atoms with Gasteiger partial charge in [0.2, 0.25) is 0 Å². The van der Waals surface area contributed by atoms with Crippen LogP contribution in [0.25, 0.3) is 0 Å². The Hall–Kier alpha value is -1.76. The third kappa shape index (κ3) is 6.13. The van der Waals surface area contributed by atoms with Crippen molar-refractivity contribution in [1.82, 2.24) is 5.43 Å². The largest absolute Gasteiger partial charge is 0.489 e. The van der Waals surface area contributed by atoms with Crippen molar-refractivity contribution in [2.45, 2.75) is 13.2 Å². The summed E-state index contributed by atoms with van der Waals surface area (Å²) in [6, 6.07) is 21.5. The predicted molar refractivity (Wildman–Crippen MR) is 121 cm³/mol. The molecule has 0 fully saturated rings. The van der Waals surface area contributed by atoms with Gasteiger partial charge in [-0.2, -0.15) is 5.10 Å². The van der Waals surface area contributed by atoms with E-state index in [2.05, 4.69) is 57.4 Å². The normalized spacial score (nSPS) is 10.9. The Morgan fingerprint density at radius 3 is 2.41 bits per heavy atom. The zero-order chi connectivity index (χ0) is 19.1. The highest BCUT2D eigenvalue weighted by Crippen LogP contribution is 2.23. The van der Waals surface area contributed by atoms with Gasteiger partial charge in [0.1, 0.15) is 12.4 Å². The third-order valence-electron chi connectivity index (χ3n) is 3.80. The first-order valence-electron chi connectivity index (χ1n) is 8.28. The Morgan fingerprint density at radius 1 is 0.963 bits per heavy atom. The quantitative estimate of drug-likeness (QED) is 0.230. The van der Waals surface area contributed by atoms with Gasteiger partial charge in [0.15, 0.2) is 0 Å². The number of nitrogens with zero attached hydrogens (tertiary/aromatic N) is 1. The SMILES string of the molecule is Clc1cccc(Cl)c1CN/N=C\c1cccc(OCc2ccc(I)cc2)c1. The third-order valence-corrected chi connectivity index (χ3v) is 5.23. The molecule has 0 saturated carbocycles. The molecule has 138 valence electrons. The summed E-state index contributed by atoms with van der Waals surface area (Å²) in [7, 11) is 0. The van der Waals surface area contributed by atoms with Crippen LogP contribution < -0.4 is 10.2 Å². The van der Waals surface area contributed by atoms with Crippen molar-refractivity contribution in [3.63, 3.8) is 0 Å². The number of benzene rings is 3. The maximum Gasteiger partial charge on any atom is 0.120 e. The predicted octanol–water partition coefficient (Wildman–Crippen LogP) is 6.30. The van der Waals surface area contributed by atoms with E-state index in [1.807, 2.05) is 42.5 Å². The van der Waals surface area contributed by atoms with Crippen LogP contribution >= 0.6 is 45.8 Å². The lowest BCUT2D eigenvalue weighted by Crippen LogP contribution is -2.06. The van der Waals surface area contributed by atoms with E-state index in [-0.39, 0.29) is 0 Å². The topological polar surface area (TPSA) is 33.6 Å². The van der Waals surface area contributed by atoms with Crippen LogP contribution in [0.3, 0.4) is 0 Å². The molecule has 0 aliphatic heterocycles. The minimum atomic E-state index is 0.456. The molecule has 0 aliphatic rings. The lowest BCUT2D eigenvalue weighted by molar-refractivity contribution is 0.306. The first-order chi connectivity index (χ1) is 13.1. The molecule has 0 heterocycles. The second-order valence-corrected chi connectivity index (χ2v) is 7.84. The maximum absolute atomic E-state index is 6.15. The number of hydrogen-bond donors (Lipinski definition) is 1. The molecule has 3 aromatic carbocycles. The summed E-state index contributed by atoms with van der Waals surface area (Å²) in [6.45, 7) is 0.985. The molecule has 0 unspecified atom stereocenters. The molecule has 3 rings (SSSR count). The Kier molecular flexibility index (Phi) is 7.38. The number of hydrogen-bond acceptors (Lipinski definition) is 3. The molecule has 0 saturated heterocycles. The Morgan fingerprint density at radius 2 is 1.67 bits per heavy atom. The highest BCUT2D eigenvalue weighted by atomic mass is 127. The van der Waals surface area contributed by atoms with Crippen molar-refractivity contribution in [3.05, 3.63) is 97.0 Å². The minimum absolute atomic E-state index is 0.456. The molecule has 0 spiro atoms. The minimum Gasteiger partial charge on any atom is -0.489 e. The zero-order valence-corrected chi connectivity index (χ0v) is 18.0. The van der Waals surface area contributed by atoms with Crippen molar-refractivity contribution in [1.29, 1.82) is 0 Å². The first kappa shape index (κ1) is 20.0. The number of ether oxygens (including phenoxy) is 1. The molecule has 27 heavy (non-hydrogen) atoms. The molecule has 3 aromatic rings. The fourth-order valence-electron chi connectivity index (χ4n) is 2.38. The van der Waals surface area contributed by atoms with Crippen LogP contribution in [-0.2, 0) is 13.2 Å². The van der Waals surface area contributed by atoms with Gasteiger partial charge < -0.3 is 10.2 Å². The summed E-state index contributed by atoms with van der Waals surface area (Å²) >= 11 is 14.6. The van der Waals surface area contributed by atoms with Gasteiger partial charge >= 0.3 is 0 Å². The molecule has 0 bridgehead atoms. The summed E-state index contributed by atoms with van der Waals surface area (Å²) in [5.41, 5.74) is 5.87. The molecule has 1 N–H and O–H groups in total. The van der Waals surface area contributed by atoms with Gasteiger partial charge in [-0.3, -0.25) is 0 Å². The lowest BCUT2D eigenvalue weighted by atomic mass is 10.2. The van der Waals surface area contributed by atoms with Crippen molar-refractivity contribution in [2.75, 3.05) is 0 Å². The van der Waals surface area contributed by atoms with E-state index in [0.29, 0.717) is 23.2 Å².